The minimum atomic E-state index is 0.546. The molecule has 0 saturated carbocycles. The molecule has 2 aromatic heterocycles. The zero-order valence-corrected chi connectivity index (χ0v) is 10.1. The Labute approximate surface area is 105 Å². The van der Waals surface area contributed by atoms with Gasteiger partial charge < -0.3 is 5.73 Å². The van der Waals surface area contributed by atoms with Gasteiger partial charge in [0.05, 0.1) is 0 Å². The average Bonchev–Trinajstić information content (AvgIpc) is 2.38. The summed E-state index contributed by atoms with van der Waals surface area (Å²) >= 11 is 0. The van der Waals surface area contributed by atoms with Crippen LogP contribution in [-0.2, 0) is 0 Å². The predicted octanol–water partition coefficient (Wildman–Crippen LogP) is 3.19. The fraction of sp³-hybridized carbons (Fsp3) is 0.0667. The molecule has 0 aliphatic rings. The van der Waals surface area contributed by atoms with E-state index in [-0.39, 0.29) is 0 Å². The summed E-state index contributed by atoms with van der Waals surface area (Å²) < 4.78 is 0. The maximum absolute atomic E-state index is 5.69. The Morgan fingerprint density at radius 2 is 1.78 bits per heavy atom. The second kappa shape index (κ2) is 4.11. The molecule has 1 aromatic carbocycles. The van der Waals surface area contributed by atoms with Crippen LogP contribution in [0.25, 0.3) is 21.9 Å². The van der Waals surface area contributed by atoms with Gasteiger partial charge in [-0.2, -0.15) is 0 Å². The minimum absolute atomic E-state index is 0.546. The number of fused-ring (bicyclic) bond motifs is 1. The van der Waals surface area contributed by atoms with E-state index in [9.17, 15) is 0 Å². The molecule has 0 aliphatic carbocycles. The lowest BCUT2D eigenvalue weighted by Crippen LogP contribution is -1.95. The highest BCUT2D eigenvalue weighted by atomic mass is 14.8. The lowest BCUT2D eigenvalue weighted by Gasteiger charge is -2.09. The lowest BCUT2D eigenvalue weighted by molar-refractivity contribution is 1.21. The first kappa shape index (κ1) is 10.7. The highest BCUT2D eigenvalue weighted by Crippen LogP contribution is 2.29. The Hall–Kier alpha value is -2.42. The van der Waals surface area contributed by atoms with Gasteiger partial charge in [-0.3, -0.25) is 4.98 Å². The highest BCUT2D eigenvalue weighted by Gasteiger charge is 2.07. The molecule has 0 bridgehead atoms. The van der Waals surface area contributed by atoms with Crippen LogP contribution in [0.15, 0.2) is 48.8 Å². The maximum atomic E-state index is 5.69. The third kappa shape index (κ3) is 1.70. The number of rotatable bonds is 1. The van der Waals surface area contributed by atoms with Gasteiger partial charge in [0.15, 0.2) is 0 Å². The van der Waals surface area contributed by atoms with Gasteiger partial charge in [-0.1, -0.05) is 24.3 Å². The summed E-state index contributed by atoms with van der Waals surface area (Å²) in [7, 11) is 0. The van der Waals surface area contributed by atoms with E-state index in [0.29, 0.717) is 5.82 Å². The summed E-state index contributed by atoms with van der Waals surface area (Å²) in [5.41, 5.74) is 8.79. The summed E-state index contributed by atoms with van der Waals surface area (Å²) in [6.45, 7) is 1.97. The van der Waals surface area contributed by atoms with E-state index in [0.717, 1.165) is 22.2 Å². The number of nitrogens with zero attached hydrogens (tertiary/aromatic N) is 2. The van der Waals surface area contributed by atoms with Gasteiger partial charge in [0.2, 0.25) is 0 Å². The summed E-state index contributed by atoms with van der Waals surface area (Å²) in [4.78, 5) is 8.60. The highest BCUT2D eigenvalue weighted by molar-refractivity contribution is 5.96. The number of anilines is 1. The van der Waals surface area contributed by atoms with Crippen LogP contribution in [0, 0.1) is 6.92 Å². The number of nitrogen functional groups attached to an aromatic ring is 1. The molecule has 0 fully saturated rings. The van der Waals surface area contributed by atoms with Gasteiger partial charge in [-0.05, 0) is 24.4 Å². The topological polar surface area (TPSA) is 51.8 Å². The third-order valence-corrected chi connectivity index (χ3v) is 3.07. The summed E-state index contributed by atoms with van der Waals surface area (Å²) in [6.07, 6.45) is 3.75. The molecular formula is C15H13N3. The Morgan fingerprint density at radius 1 is 0.944 bits per heavy atom. The van der Waals surface area contributed by atoms with Crippen LogP contribution in [-0.4, -0.2) is 9.97 Å². The van der Waals surface area contributed by atoms with Crippen LogP contribution < -0.4 is 5.73 Å². The SMILES string of the molecule is Cc1nc(N)ccc1-c1cncc2ccccc12. The van der Waals surface area contributed by atoms with E-state index >= 15 is 0 Å². The fourth-order valence-corrected chi connectivity index (χ4v) is 2.20. The van der Waals surface area contributed by atoms with Gasteiger partial charge in [0.25, 0.3) is 0 Å². The first-order valence-electron chi connectivity index (χ1n) is 5.82. The molecule has 0 unspecified atom stereocenters. The number of pyridine rings is 2. The molecule has 18 heavy (non-hydrogen) atoms. The van der Waals surface area contributed by atoms with Crippen molar-refractivity contribution in [2.45, 2.75) is 6.92 Å². The van der Waals surface area contributed by atoms with Gasteiger partial charge in [0.1, 0.15) is 5.82 Å². The van der Waals surface area contributed by atoms with E-state index in [4.69, 9.17) is 5.73 Å². The molecule has 3 heteroatoms. The predicted molar refractivity (Wildman–Crippen MR) is 74.1 cm³/mol. The zero-order valence-electron chi connectivity index (χ0n) is 10.1. The Balaban J connectivity index is 2.31. The van der Waals surface area contributed by atoms with Crippen molar-refractivity contribution in [1.82, 2.24) is 9.97 Å². The molecule has 3 rings (SSSR count). The van der Waals surface area contributed by atoms with Gasteiger partial charge in [-0.15, -0.1) is 0 Å². The molecule has 0 saturated heterocycles. The Kier molecular flexibility index (Phi) is 2.45. The van der Waals surface area contributed by atoms with E-state index in [1.54, 1.807) is 0 Å². The number of hydrogen-bond acceptors (Lipinski definition) is 3. The van der Waals surface area contributed by atoms with Crippen molar-refractivity contribution < 1.29 is 0 Å². The number of benzene rings is 1. The van der Waals surface area contributed by atoms with Crippen LogP contribution >= 0.6 is 0 Å². The van der Waals surface area contributed by atoms with Crippen molar-refractivity contribution in [3.63, 3.8) is 0 Å². The number of hydrogen-bond donors (Lipinski definition) is 1. The number of aromatic nitrogens is 2. The van der Waals surface area contributed by atoms with Crippen molar-refractivity contribution in [3.05, 3.63) is 54.5 Å². The molecule has 0 radical (unpaired) electrons. The Bertz CT molecular complexity index is 715. The van der Waals surface area contributed by atoms with Crippen molar-refractivity contribution in [2.24, 2.45) is 0 Å². The van der Waals surface area contributed by atoms with Crippen molar-refractivity contribution in [3.8, 4) is 11.1 Å². The van der Waals surface area contributed by atoms with Gasteiger partial charge in [-0.25, -0.2) is 4.98 Å². The first-order valence-corrected chi connectivity index (χ1v) is 5.82. The quantitative estimate of drug-likeness (QED) is 0.704. The molecule has 0 spiro atoms. The monoisotopic (exact) mass is 235 g/mol. The van der Waals surface area contributed by atoms with Crippen LogP contribution in [0.1, 0.15) is 5.69 Å². The van der Waals surface area contributed by atoms with Gasteiger partial charge in [0, 0.05) is 34.6 Å². The van der Waals surface area contributed by atoms with Crippen molar-refractivity contribution in [2.75, 3.05) is 5.73 Å². The molecule has 3 nitrogen and oxygen atoms in total. The number of nitrogens with two attached hydrogens (primary N) is 1. The minimum Gasteiger partial charge on any atom is -0.384 e. The molecule has 0 amide bonds. The van der Waals surface area contributed by atoms with Crippen LogP contribution in [0.2, 0.25) is 0 Å². The summed E-state index contributed by atoms with van der Waals surface area (Å²) in [6, 6.07) is 12.0. The first-order chi connectivity index (χ1) is 8.75. The molecule has 2 N–H and O–H groups in total. The normalized spacial score (nSPS) is 10.7. The fourth-order valence-electron chi connectivity index (χ4n) is 2.20. The van der Waals surface area contributed by atoms with Gasteiger partial charge >= 0.3 is 0 Å². The molecule has 88 valence electrons. The smallest absolute Gasteiger partial charge is 0.123 e. The summed E-state index contributed by atoms with van der Waals surface area (Å²) in [5.74, 6) is 0.546. The van der Waals surface area contributed by atoms with Crippen molar-refractivity contribution >= 4 is 16.6 Å². The van der Waals surface area contributed by atoms with Crippen molar-refractivity contribution in [1.29, 1.82) is 0 Å². The molecule has 3 aromatic rings. The van der Waals surface area contributed by atoms with Crippen LogP contribution in [0.4, 0.5) is 5.82 Å². The molecule has 0 atom stereocenters. The molecule has 0 aliphatic heterocycles. The Morgan fingerprint density at radius 3 is 2.61 bits per heavy atom. The average molecular weight is 235 g/mol. The van der Waals surface area contributed by atoms with E-state index < -0.39 is 0 Å². The lowest BCUT2D eigenvalue weighted by atomic mass is 10.0. The van der Waals surface area contributed by atoms with Crippen LogP contribution in [0.3, 0.4) is 0 Å². The number of aryl methyl sites for hydroxylation is 1. The van der Waals surface area contributed by atoms with Crippen LogP contribution in [0.5, 0.6) is 0 Å². The van der Waals surface area contributed by atoms with E-state index in [2.05, 4.69) is 22.1 Å². The standard InChI is InChI=1S/C15H13N3/c1-10-12(6-7-15(16)18-10)14-9-17-8-11-4-2-3-5-13(11)14/h2-9H,1H3,(H2,16,18). The second-order valence-electron chi connectivity index (χ2n) is 4.28. The molecular weight excluding hydrogens is 222 g/mol. The summed E-state index contributed by atoms with van der Waals surface area (Å²) in [5, 5.41) is 2.31. The molecule has 2 heterocycles. The second-order valence-corrected chi connectivity index (χ2v) is 4.28. The zero-order chi connectivity index (χ0) is 12.5. The van der Waals surface area contributed by atoms with E-state index in [1.807, 2.05) is 43.6 Å². The third-order valence-electron chi connectivity index (χ3n) is 3.07. The van der Waals surface area contributed by atoms with E-state index in [1.165, 1.54) is 5.39 Å². The maximum Gasteiger partial charge on any atom is 0.123 e. The largest absolute Gasteiger partial charge is 0.384 e.